The second-order valence-corrected chi connectivity index (χ2v) is 10.4. The fourth-order valence-corrected chi connectivity index (χ4v) is 5.20. The summed E-state index contributed by atoms with van der Waals surface area (Å²) in [5.41, 5.74) is 0.672. The Balaban J connectivity index is 1.80. The van der Waals surface area contributed by atoms with Gasteiger partial charge in [0.2, 0.25) is 0 Å². The van der Waals surface area contributed by atoms with Gasteiger partial charge in [-0.15, -0.1) is 0 Å². The molecule has 0 aliphatic rings. The summed E-state index contributed by atoms with van der Waals surface area (Å²) in [6.45, 7) is 2.22. The van der Waals surface area contributed by atoms with Crippen LogP contribution in [0.25, 0.3) is 0 Å². The van der Waals surface area contributed by atoms with Crippen LogP contribution in [0.1, 0.15) is 76.7 Å². The van der Waals surface area contributed by atoms with Crippen molar-refractivity contribution in [2.45, 2.75) is 77.6 Å². The molecule has 0 heterocycles. The molecular weight excluding hydrogens is 464 g/mol. The van der Waals surface area contributed by atoms with Gasteiger partial charge >= 0.3 is 20.8 Å². The van der Waals surface area contributed by atoms with Crippen LogP contribution in [0.15, 0.2) is 54.6 Å². The van der Waals surface area contributed by atoms with Crippen molar-refractivity contribution in [1.29, 1.82) is 0 Å². The van der Waals surface area contributed by atoms with Crippen LogP contribution < -0.4 is 8.37 Å². The monoisotopic (exact) mass is 498 g/mol. The lowest BCUT2D eigenvalue weighted by atomic mass is 10.0. The molecule has 0 aromatic heterocycles. The highest BCUT2D eigenvalue weighted by Gasteiger charge is 2.28. The van der Waals surface area contributed by atoms with Gasteiger partial charge in [0.1, 0.15) is 11.5 Å². The Hall–Kier alpha value is -2.10. The van der Waals surface area contributed by atoms with Gasteiger partial charge in [0.15, 0.2) is 0 Å². The SMILES string of the molecule is CCCCCCCCCCCCc1ccccc1OS(=O)(=O)OS(=O)(=O)Oc1ccccc1. The minimum atomic E-state index is -4.90. The number of rotatable bonds is 17. The molecule has 0 saturated carbocycles. The fraction of sp³-hybridized carbons (Fsp3) is 0.500. The molecule has 0 N–H and O–H groups in total. The molecule has 0 fully saturated rings. The van der Waals surface area contributed by atoms with E-state index in [1.807, 2.05) is 0 Å². The highest BCUT2D eigenvalue weighted by molar-refractivity contribution is 7.95. The summed E-state index contributed by atoms with van der Waals surface area (Å²) < 4.78 is 62.1. The molecule has 9 heteroatoms. The zero-order chi connectivity index (χ0) is 24.0. The van der Waals surface area contributed by atoms with Crippen LogP contribution in [0, 0.1) is 0 Å². The summed E-state index contributed by atoms with van der Waals surface area (Å²) in [6, 6.07) is 14.1. The van der Waals surface area contributed by atoms with Crippen LogP contribution in [-0.4, -0.2) is 16.8 Å². The van der Waals surface area contributed by atoms with Crippen molar-refractivity contribution in [3.8, 4) is 11.5 Å². The normalized spacial score (nSPS) is 11.9. The van der Waals surface area contributed by atoms with E-state index in [4.69, 9.17) is 4.18 Å². The quantitative estimate of drug-likeness (QED) is 0.243. The van der Waals surface area contributed by atoms with Gasteiger partial charge in [-0.05, 0) is 36.6 Å². The van der Waals surface area contributed by atoms with Crippen molar-refractivity contribution in [1.82, 2.24) is 0 Å². The smallest absolute Gasteiger partial charge is 0.361 e. The molecule has 0 spiro atoms. The lowest BCUT2D eigenvalue weighted by Crippen LogP contribution is -2.22. The van der Waals surface area contributed by atoms with Gasteiger partial charge in [-0.1, -0.05) is 105 Å². The first kappa shape index (κ1) is 27.1. The topological polar surface area (TPSA) is 96.0 Å². The highest BCUT2D eigenvalue weighted by Crippen LogP contribution is 2.24. The second kappa shape index (κ2) is 14.2. The second-order valence-electron chi connectivity index (χ2n) is 7.90. The Morgan fingerprint density at radius 1 is 0.606 bits per heavy atom. The van der Waals surface area contributed by atoms with Gasteiger partial charge < -0.3 is 8.37 Å². The molecule has 2 rings (SSSR count). The summed E-state index contributed by atoms with van der Waals surface area (Å²) in [4.78, 5) is 0. The summed E-state index contributed by atoms with van der Waals surface area (Å²) >= 11 is 0. The maximum absolute atomic E-state index is 12.2. The first-order chi connectivity index (χ1) is 15.8. The maximum atomic E-state index is 12.2. The summed E-state index contributed by atoms with van der Waals surface area (Å²) in [6.07, 6.45) is 12.6. The molecule has 0 bridgehead atoms. The summed E-state index contributed by atoms with van der Waals surface area (Å²) in [5.74, 6) is -0.0302. The van der Waals surface area contributed by atoms with Crippen LogP contribution in [-0.2, 0) is 30.8 Å². The zero-order valence-corrected chi connectivity index (χ0v) is 20.8. The van der Waals surface area contributed by atoms with Crippen LogP contribution in [0.4, 0.5) is 0 Å². The van der Waals surface area contributed by atoms with Crippen molar-refractivity contribution in [3.05, 3.63) is 60.2 Å². The number of para-hydroxylation sites is 2. The standard InChI is InChI=1S/C24H34O7S2/c1-2-3-4-5-6-7-8-9-10-12-17-22-18-15-16-21-24(22)30-33(27,28)31-32(25,26)29-23-19-13-11-14-20-23/h11,13-16,18-21H,2-10,12,17H2,1H3. The molecule has 33 heavy (non-hydrogen) atoms. The largest absolute Gasteiger partial charge is 0.466 e. The molecule has 184 valence electrons. The van der Waals surface area contributed by atoms with Crippen LogP contribution >= 0.6 is 0 Å². The molecule has 2 aromatic rings. The van der Waals surface area contributed by atoms with Gasteiger partial charge in [0, 0.05) is 0 Å². The van der Waals surface area contributed by atoms with Crippen LogP contribution in [0.2, 0.25) is 0 Å². The van der Waals surface area contributed by atoms with Gasteiger partial charge in [0.25, 0.3) is 0 Å². The zero-order valence-electron chi connectivity index (χ0n) is 19.1. The Morgan fingerprint density at radius 2 is 1.12 bits per heavy atom. The third-order valence-electron chi connectivity index (χ3n) is 5.07. The van der Waals surface area contributed by atoms with Crippen molar-refractivity contribution >= 4 is 20.8 Å². The number of unbranched alkanes of at least 4 members (excludes halogenated alkanes) is 9. The molecule has 0 amide bonds. The number of hydrogen-bond donors (Lipinski definition) is 0. The Labute approximate surface area is 198 Å². The Kier molecular flexibility index (Phi) is 11.7. The van der Waals surface area contributed by atoms with E-state index in [9.17, 15) is 16.8 Å². The number of aryl methyl sites for hydroxylation is 1. The Morgan fingerprint density at radius 3 is 1.76 bits per heavy atom. The van der Waals surface area contributed by atoms with Crippen LogP contribution in [0.3, 0.4) is 0 Å². The molecule has 0 aliphatic heterocycles. The van der Waals surface area contributed by atoms with E-state index in [1.54, 1.807) is 36.4 Å². The molecule has 0 aliphatic carbocycles. The van der Waals surface area contributed by atoms with Gasteiger partial charge in [-0.25, -0.2) is 0 Å². The van der Waals surface area contributed by atoms with E-state index in [1.165, 1.54) is 63.1 Å². The predicted octanol–water partition coefficient (Wildman–Crippen LogP) is 6.11. The first-order valence-electron chi connectivity index (χ1n) is 11.5. The van der Waals surface area contributed by atoms with Crippen molar-refractivity contribution in [2.24, 2.45) is 0 Å². The minimum absolute atomic E-state index is 0.0448. The number of benzene rings is 2. The molecule has 0 unspecified atom stereocenters. The first-order valence-corrected chi connectivity index (χ1v) is 14.2. The van der Waals surface area contributed by atoms with Crippen molar-refractivity contribution in [2.75, 3.05) is 0 Å². The highest BCUT2D eigenvalue weighted by atomic mass is 32.3. The summed E-state index contributed by atoms with van der Waals surface area (Å²) in [5, 5.41) is 0. The average Bonchev–Trinajstić information content (AvgIpc) is 2.75. The maximum Gasteiger partial charge on any atom is 0.466 e. The summed E-state index contributed by atoms with van der Waals surface area (Å²) in [7, 11) is -9.78. The van der Waals surface area contributed by atoms with Gasteiger partial charge in [0.05, 0.1) is 0 Å². The van der Waals surface area contributed by atoms with Crippen molar-refractivity contribution in [3.63, 3.8) is 0 Å². The molecular formula is C24H34O7S2. The molecule has 0 atom stereocenters. The third kappa shape index (κ3) is 11.5. The Bertz CT molecular complexity index is 1020. The lowest BCUT2D eigenvalue weighted by molar-refractivity contribution is 0.350. The van der Waals surface area contributed by atoms with Gasteiger partial charge in [-0.2, -0.15) is 16.8 Å². The lowest BCUT2D eigenvalue weighted by Gasteiger charge is -2.11. The van der Waals surface area contributed by atoms with E-state index < -0.39 is 20.8 Å². The molecule has 7 nitrogen and oxygen atoms in total. The third-order valence-corrected chi connectivity index (χ3v) is 7.19. The van der Waals surface area contributed by atoms with E-state index >= 15 is 0 Å². The van der Waals surface area contributed by atoms with Crippen LogP contribution in [0.5, 0.6) is 11.5 Å². The molecule has 0 saturated heterocycles. The van der Waals surface area contributed by atoms with E-state index in [2.05, 4.69) is 14.7 Å². The van der Waals surface area contributed by atoms with E-state index in [0.29, 0.717) is 12.0 Å². The van der Waals surface area contributed by atoms with E-state index in [-0.39, 0.29) is 11.5 Å². The number of hydrogen-bond acceptors (Lipinski definition) is 7. The molecule has 0 radical (unpaired) electrons. The molecule has 2 aromatic carbocycles. The van der Waals surface area contributed by atoms with Crippen molar-refractivity contribution < 1.29 is 28.8 Å². The minimum Gasteiger partial charge on any atom is -0.361 e. The van der Waals surface area contributed by atoms with Gasteiger partial charge in [-0.3, -0.25) is 0 Å². The van der Waals surface area contributed by atoms with E-state index in [0.717, 1.165) is 19.3 Å². The average molecular weight is 499 g/mol. The predicted molar refractivity (Wildman–Crippen MR) is 129 cm³/mol. The fourth-order valence-electron chi connectivity index (χ4n) is 3.43.